The molecule has 1 heterocycles. The van der Waals surface area contributed by atoms with Gasteiger partial charge in [0.2, 0.25) is 5.91 Å². The van der Waals surface area contributed by atoms with Crippen LogP contribution in [0.25, 0.3) is 10.2 Å². The molecule has 0 radical (unpaired) electrons. The highest BCUT2D eigenvalue weighted by Gasteiger charge is 2.21. The Morgan fingerprint density at radius 2 is 1.96 bits per heavy atom. The summed E-state index contributed by atoms with van der Waals surface area (Å²) in [6, 6.07) is 5.30. The Kier molecular flexibility index (Phi) is 5.42. The van der Waals surface area contributed by atoms with Gasteiger partial charge in [-0.2, -0.15) is 4.99 Å². The average molecular weight is 363 g/mol. The van der Waals surface area contributed by atoms with Gasteiger partial charge in [0.1, 0.15) is 6.54 Å². The van der Waals surface area contributed by atoms with Gasteiger partial charge in [-0.15, -0.1) is 0 Å². The summed E-state index contributed by atoms with van der Waals surface area (Å²) in [6.45, 7) is 6.73. The first-order valence-electron chi connectivity index (χ1n) is 7.69. The number of esters is 1. The molecule has 1 N–H and O–H groups in total. The number of thiazole rings is 1. The number of carbonyl (C=O) groups excluding carboxylic acids is 3. The number of carbonyl (C=O) groups is 3. The van der Waals surface area contributed by atoms with Crippen molar-refractivity contribution in [3.8, 4) is 0 Å². The molecule has 0 aliphatic carbocycles. The van der Waals surface area contributed by atoms with E-state index < -0.39 is 11.4 Å². The number of nitrogens with one attached hydrogen (secondary N) is 1. The summed E-state index contributed by atoms with van der Waals surface area (Å²) in [5.74, 6) is -0.888. The zero-order valence-electron chi connectivity index (χ0n) is 14.9. The van der Waals surface area contributed by atoms with Crippen LogP contribution in [0.3, 0.4) is 0 Å². The van der Waals surface area contributed by atoms with Crippen molar-refractivity contribution in [3.05, 3.63) is 23.0 Å². The SMILES string of the molecule is COC(=O)Cn1c(=NC(=O)C(C)(C)C)sc2cc(NC(C)=O)ccc21. The molecule has 0 saturated carbocycles. The molecule has 2 rings (SSSR count). The number of anilines is 1. The van der Waals surface area contributed by atoms with Crippen molar-refractivity contribution < 1.29 is 19.1 Å². The van der Waals surface area contributed by atoms with Crippen LogP contribution in [0, 0.1) is 5.41 Å². The number of hydrogen-bond donors (Lipinski definition) is 1. The summed E-state index contributed by atoms with van der Waals surface area (Å²) in [7, 11) is 1.31. The molecular formula is C17H21N3O4S. The lowest BCUT2D eigenvalue weighted by molar-refractivity contribution is -0.141. The third-order valence-corrected chi connectivity index (χ3v) is 4.40. The monoisotopic (exact) mass is 363 g/mol. The lowest BCUT2D eigenvalue weighted by atomic mass is 9.96. The first-order chi connectivity index (χ1) is 11.6. The highest BCUT2D eigenvalue weighted by Crippen LogP contribution is 2.23. The summed E-state index contributed by atoms with van der Waals surface area (Å²) in [4.78, 5) is 39.9. The van der Waals surface area contributed by atoms with Crippen molar-refractivity contribution in [1.82, 2.24) is 4.57 Å². The molecule has 134 valence electrons. The first kappa shape index (κ1) is 18.9. The molecule has 2 amide bonds. The fourth-order valence-electron chi connectivity index (χ4n) is 2.04. The van der Waals surface area contributed by atoms with Crippen LogP contribution in [0.2, 0.25) is 0 Å². The number of aromatic nitrogens is 1. The second kappa shape index (κ2) is 7.18. The maximum absolute atomic E-state index is 12.3. The molecule has 25 heavy (non-hydrogen) atoms. The van der Waals surface area contributed by atoms with E-state index in [-0.39, 0.29) is 18.4 Å². The number of ether oxygens (including phenoxy) is 1. The Morgan fingerprint density at radius 1 is 1.28 bits per heavy atom. The standard InChI is InChI=1S/C17H21N3O4S/c1-10(21)18-11-6-7-12-13(8-11)25-16(19-15(23)17(2,3)4)20(12)9-14(22)24-5/h6-8H,9H2,1-5H3,(H,18,21). The van der Waals surface area contributed by atoms with Gasteiger partial charge in [-0.05, 0) is 18.2 Å². The van der Waals surface area contributed by atoms with E-state index in [4.69, 9.17) is 4.74 Å². The Balaban J connectivity index is 2.63. The summed E-state index contributed by atoms with van der Waals surface area (Å²) in [5.41, 5.74) is 0.755. The molecule has 0 aliphatic rings. The van der Waals surface area contributed by atoms with Crippen LogP contribution in [0.4, 0.5) is 5.69 Å². The number of hydrogen-bond acceptors (Lipinski definition) is 5. The van der Waals surface area contributed by atoms with Crippen LogP contribution >= 0.6 is 11.3 Å². The van der Waals surface area contributed by atoms with Gasteiger partial charge >= 0.3 is 5.97 Å². The van der Waals surface area contributed by atoms with E-state index in [0.29, 0.717) is 10.5 Å². The summed E-state index contributed by atoms with van der Waals surface area (Å²) < 4.78 is 7.18. The Labute approximate surface area is 149 Å². The third kappa shape index (κ3) is 4.54. The van der Waals surface area contributed by atoms with Gasteiger partial charge in [0.15, 0.2) is 4.80 Å². The highest BCUT2D eigenvalue weighted by molar-refractivity contribution is 7.16. The summed E-state index contributed by atoms with van der Waals surface area (Å²) in [5, 5.41) is 2.71. The quantitative estimate of drug-likeness (QED) is 0.848. The van der Waals surface area contributed by atoms with E-state index in [2.05, 4.69) is 10.3 Å². The largest absolute Gasteiger partial charge is 0.468 e. The Bertz CT molecular complexity index is 903. The maximum Gasteiger partial charge on any atom is 0.325 e. The van der Waals surface area contributed by atoms with Crippen LogP contribution in [-0.4, -0.2) is 29.5 Å². The van der Waals surface area contributed by atoms with Crippen LogP contribution in [0.1, 0.15) is 27.7 Å². The second-order valence-corrected chi connectivity index (χ2v) is 7.59. The van der Waals surface area contributed by atoms with E-state index >= 15 is 0 Å². The number of methoxy groups -OCH3 is 1. The number of nitrogens with zero attached hydrogens (tertiary/aromatic N) is 2. The van der Waals surface area contributed by atoms with Crippen molar-refractivity contribution in [2.45, 2.75) is 34.2 Å². The molecule has 0 saturated heterocycles. The van der Waals surface area contributed by atoms with Gasteiger partial charge in [0.25, 0.3) is 5.91 Å². The minimum absolute atomic E-state index is 0.0494. The fraction of sp³-hybridized carbons (Fsp3) is 0.412. The zero-order chi connectivity index (χ0) is 18.8. The van der Waals surface area contributed by atoms with Gasteiger partial charge in [0, 0.05) is 18.0 Å². The van der Waals surface area contributed by atoms with E-state index in [0.717, 1.165) is 10.2 Å². The fourth-order valence-corrected chi connectivity index (χ4v) is 3.11. The number of benzene rings is 1. The van der Waals surface area contributed by atoms with Crippen LogP contribution in [0.15, 0.2) is 23.2 Å². The van der Waals surface area contributed by atoms with Gasteiger partial charge in [-0.3, -0.25) is 14.4 Å². The van der Waals surface area contributed by atoms with E-state index in [9.17, 15) is 14.4 Å². The predicted molar refractivity (Wildman–Crippen MR) is 96.2 cm³/mol. The molecule has 1 aromatic carbocycles. The van der Waals surface area contributed by atoms with Crippen molar-refractivity contribution in [2.24, 2.45) is 10.4 Å². The van der Waals surface area contributed by atoms with Gasteiger partial charge in [-0.1, -0.05) is 32.1 Å². The van der Waals surface area contributed by atoms with Crippen molar-refractivity contribution in [2.75, 3.05) is 12.4 Å². The smallest absolute Gasteiger partial charge is 0.325 e. The minimum atomic E-state index is -0.624. The molecule has 2 aromatic rings. The van der Waals surface area contributed by atoms with Gasteiger partial charge in [-0.25, -0.2) is 0 Å². The Morgan fingerprint density at radius 3 is 2.52 bits per heavy atom. The van der Waals surface area contributed by atoms with E-state index in [1.165, 1.54) is 25.4 Å². The molecule has 0 bridgehead atoms. The van der Waals surface area contributed by atoms with Crippen molar-refractivity contribution >= 4 is 45.0 Å². The van der Waals surface area contributed by atoms with Crippen molar-refractivity contribution in [3.63, 3.8) is 0 Å². The number of amides is 2. The number of rotatable bonds is 3. The molecule has 0 unspecified atom stereocenters. The molecule has 0 spiro atoms. The minimum Gasteiger partial charge on any atom is -0.468 e. The first-order valence-corrected chi connectivity index (χ1v) is 8.50. The second-order valence-electron chi connectivity index (χ2n) is 6.58. The molecule has 0 aliphatic heterocycles. The summed E-state index contributed by atoms with van der Waals surface area (Å²) in [6.07, 6.45) is 0. The molecule has 0 atom stereocenters. The van der Waals surface area contributed by atoms with Gasteiger partial charge in [0.05, 0.1) is 17.3 Å². The topological polar surface area (TPSA) is 89.8 Å². The third-order valence-electron chi connectivity index (χ3n) is 3.36. The van der Waals surface area contributed by atoms with Gasteiger partial charge < -0.3 is 14.6 Å². The highest BCUT2D eigenvalue weighted by atomic mass is 32.1. The molecule has 8 heteroatoms. The lowest BCUT2D eigenvalue weighted by Gasteiger charge is -2.11. The molecular weight excluding hydrogens is 342 g/mol. The van der Waals surface area contributed by atoms with Crippen LogP contribution in [-0.2, 0) is 25.7 Å². The van der Waals surface area contributed by atoms with Crippen LogP contribution in [0.5, 0.6) is 0 Å². The average Bonchev–Trinajstić information content (AvgIpc) is 2.82. The maximum atomic E-state index is 12.3. The molecule has 0 fully saturated rings. The number of fused-ring (bicyclic) bond motifs is 1. The molecule has 7 nitrogen and oxygen atoms in total. The zero-order valence-corrected chi connectivity index (χ0v) is 15.7. The normalized spacial score (nSPS) is 12.3. The lowest BCUT2D eigenvalue weighted by Crippen LogP contribution is -2.26. The molecule has 1 aromatic heterocycles. The predicted octanol–water partition coefficient (Wildman–Crippen LogP) is 2.31. The Hall–Kier alpha value is -2.48. The van der Waals surface area contributed by atoms with E-state index in [1.54, 1.807) is 43.5 Å². The summed E-state index contributed by atoms with van der Waals surface area (Å²) >= 11 is 1.28. The van der Waals surface area contributed by atoms with E-state index in [1.807, 2.05) is 0 Å². The van der Waals surface area contributed by atoms with Crippen molar-refractivity contribution in [1.29, 1.82) is 0 Å². The van der Waals surface area contributed by atoms with Crippen LogP contribution < -0.4 is 10.1 Å².